The van der Waals surface area contributed by atoms with Crippen LogP contribution < -0.4 is 5.32 Å². The van der Waals surface area contributed by atoms with Crippen molar-refractivity contribution in [1.29, 1.82) is 0 Å². The fourth-order valence-corrected chi connectivity index (χ4v) is 3.09. The predicted octanol–water partition coefficient (Wildman–Crippen LogP) is 2.55. The number of carbonyl (C=O) groups excluding carboxylic acids is 2. The normalized spacial score (nSPS) is 17.3. The molecule has 126 valence electrons. The van der Waals surface area contributed by atoms with E-state index < -0.39 is 0 Å². The summed E-state index contributed by atoms with van der Waals surface area (Å²) in [5.41, 5.74) is 1.81. The van der Waals surface area contributed by atoms with Crippen molar-refractivity contribution in [3.63, 3.8) is 0 Å². The van der Waals surface area contributed by atoms with E-state index in [0.29, 0.717) is 24.3 Å². The summed E-state index contributed by atoms with van der Waals surface area (Å²) in [7, 11) is 0. The third-order valence-electron chi connectivity index (χ3n) is 4.39. The van der Waals surface area contributed by atoms with E-state index in [-0.39, 0.29) is 17.9 Å². The average molecular weight is 326 g/mol. The molecule has 0 bridgehead atoms. The zero-order valence-electron chi connectivity index (χ0n) is 13.8. The van der Waals surface area contributed by atoms with Gasteiger partial charge in [-0.2, -0.15) is 0 Å². The van der Waals surface area contributed by atoms with Crippen molar-refractivity contribution in [2.45, 2.75) is 32.2 Å². The summed E-state index contributed by atoms with van der Waals surface area (Å²) in [6.07, 6.45) is 3.75. The Morgan fingerprint density at radius 3 is 2.79 bits per heavy atom. The molecule has 0 unspecified atom stereocenters. The van der Waals surface area contributed by atoms with Crippen LogP contribution in [0.1, 0.15) is 34.5 Å². The molecule has 24 heavy (non-hydrogen) atoms. The van der Waals surface area contributed by atoms with E-state index in [2.05, 4.69) is 17.4 Å². The van der Waals surface area contributed by atoms with Gasteiger partial charge < -0.3 is 14.6 Å². The molecule has 3 rings (SSSR count). The van der Waals surface area contributed by atoms with Crippen molar-refractivity contribution in [2.75, 3.05) is 13.1 Å². The van der Waals surface area contributed by atoms with Gasteiger partial charge in [0, 0.05) is 19.5 Å². The summed E-state index contributed by atoms with van der Waals surface area (Å²) in [5.74, 6) is 0.527. The van der Waals surface area contributed by atoms with Crippen LogP contribution in [0.2, 0.25) is 0 Å². The highest BCUT2D eigenvalue weighted by atomic mass is 16.3. The van der Waals surface area contributed by atoms with E-state index in [9.17, 15) is 9.59 Å². The second kappa shape index (κ2) is 7.34. The number of nitrogens with zero attached hydrogens (tertiary/aromatic N) is 1. The third kappa shape index (κ3) is 3.85. The maximum Gasteiger partial charge on any atom is 0.255 e. The predicted molar refractivity (Wildman–Crippen MR) is 90.7 cm³/mol. The molecule has 1 aliphatic rings. The zero-order chi connectivity index (χ0) is 16.9. The first kappa shape index (κ1) is 16.3. The summed E-state index contributed by atoms with van der Waals surface area (Å²) < 4.78 is 5.15. The minimum Gasteiger partial charge on any atom is -0.469 e. The van der Waals surface area contributed by atoms with E-state index in [0.717, 1.165) is 19.4 Å². The van der Waals surface area contributed by atoms with E-state index in [1.165, 1.54) is 11.8 Å². The molecule has 2 heterocycles. The molecule has 0 saturated carbocycles. The van der Waals surface area contributed by atoms with E-state index in [4.69, 9.17) is 4.42 Å². The zero-order valence-corrected chi connectivity index (χ0v) is 13.8. The van der Waals surface area contributed by atoms with Crippen LogP contribution in [0.4, 0.5) is 0 Å². The summed E-state index contributed by atoms with van der Waals surface area (Å²) in [5, 5.41) is 2.93. The Bertz CT molecular complexity index is 708. The van der Waals surface area contributed by atoms with E-state index >= 15 is 0 Å². The highest BCUT2D eigenvalue weighted by molar-refractivity contribution is 5.95. The number of nitrogens with one attached hydrogen (secondary N) is 1. The molecule has 2 aromatic rings. The number of hydrogen-bond acceptors (Lipinski definition) is 3. The van der Waals surface area contributed by atoms with Crippen molar-refractivity contribution >= 4 is 11.8 Å². The van der Waals surface area contributed by atoms with Crippen molar-refractivity contribution in [3.8, 4) is 0 Å². The Balaban J connectivity index is 1.47. The van der Waals surface area contributed by atoms with E-state index in [1.54, 1.807) is 13.0 Å². The standard InChI is InChI=1S/C19H22N2O3/c1-14-17(9-11-24-14)19(23)20-16-12-18(22)21(13-16)10-5-8-15-6-3-2-4-7-15/h2-4,6-7,9,11,16H,5,8,10,12-13H2,1H3,(H,20,23)/t16-/m0/s1. The van der Waals surface area contributed by atoms with Crippen LogP contribution in [0, 0.1) is 6.92 Å². The number of hydrogen-bond donors (Lipinski definition) is 1. The molecule has 0 aliphatic carbocycles. The second-order valence-electron chi connectivity index (χ2n) is 6.19. The fraction of sp³-hybridized carbons (Fsp3) is 0.368. The van der Waals surface area contributed by atoms with Crippen molar-refractivity contribution in [1.82, 2.24) is 10.2 Å². The van der Waals surface area contributed by atoms with Crippen molar-refractivity contribution < 1.29 is 14.0 Å². The van der Waals surface area contributed by atoms with Gasteiger partial charge in [-0.3, -0.25) is 9.59 Å². The molecule has 0 spiro atoms. The maximum atomic E-state index is 12.2. The molecule has 1 saturated heterocycles. The number of carbonyl (C=O) groups is 2. The lowest BCUT2D eigenvalue weighted by atomic mass is 10.1. The van der Waals surface area contributed by atoms with Crippen LogP contribution >= 0.6 is 0 Å². The average Bonchev–Trinajstić information content (AvgIpc) is 3.14. The number of likely N-dealkylation sites (tertiary alicyclic amines) is 1. The van der Waals surface area contributed by atoms with Gasteiger partial charge >= 0.3 is 0 Å². The van der Waals surface area contributed by atoms with E-state index in [1.807, 2.05) is 23.1 Å². The molecule has 0 radical (unpaired) electrons. The molecule has 1 aliphatic heterocycles. The molecule has 1 aromatic heterocycles. The highest BCUT2D eigenvalue weighted by Crippen LogP contribution is 2.15. The monoisotopic (exact) mass is 326 g/mol. The lowest BCUT2D eigenvalue weighted by molar-refractivity contribution is -0.127. The molecule has 1 atom stereocenters. The SMILES string of the molecule is Cc1occc1C(=O)N[C@H]1CC(=O)N(CCCc2ccccc2)C1. The van der Waals surface area contributed by atoms with Gasteiger partial charge in [0.25, 0.3) is 5.91 Å². The molecule has 2 amide bonds. The third-order valence-corrected chi connectivity index (χ3v) is 4.39. The maximum absolute atomic E-state index is 12.2. The quantitative estimate of drug-likeness (QED) is 0.887. The van der Waals surface area contributed by atoms with Gasteiger partial charge in [-0.25, -0.2) is 0 Å². The van der Waals surface area contributed by atoms with Crippen molar-refractivity contribution in [2.24, 2.45) is 0 Å². The van der Waals surface area contributed by atoms with Gasteiger partial charge in [0.1, 0.15) is 5.76 Å². The Morgan fingerprint density at radius 1 is 1.29 bits per heavy atom. The number of amides is 2. The van der Waals surface area contributed by atoms with Crippen LogP contribution in [0.25, 0.3) is 0 Å². The summed E-state index contributed by atoms with van der Waals surface area (Å²) in [6, 6.07) is 11.8. The van der Waals surface area contributed by atoms with Gasteiger partial charge in [0.15, 0.2) is 0 Å². The van der Waals surface area contributed by atoms with Gasteiger partial charge in [0.05, 0.1) is 17.9 Å². The number of aryl methyl sites for hydroxylation is 2. The highest BCUT2D eigenvalue weighted by Gasteiger charge is 2.30. The van der Waals surface area contributed by atoms with Crippen molar-refractivity contribution in [3.05, 3.63) is 59.5 Å². The van der Waals surface area contributed by atoms with Gasteiger partial charge in [-0.05, 0) is 31.4 Å². The topological polar surface area (TPSA) is 62.6 Å². The van der Waals surface area contributed by atoms with Gasteiger partial charge in [-0.15, -0.1) is 0 Å². The molecule has 5 nitrogen and oxygen atoms in total. The fourth-order valence-electron chi connectivity index (χ4n) is 3.09. The molecular weight excluding hydrogens is 304 g/mol. The Kier molecular flexibility index (Phi) is 4.99. The minimum atomic E-state index is -0.176. The van der Waals surface area contributed by atoms with Crippen LogP contribution in [0.5, 0.6) is 0 Å². The second-order valence-corrected chi connectivity index (χ2v) is 6.19. The first-order chi connectivity index (χ1) is 11.6. The molecule has 5 heteroatoms. The molecule has 1 N–H and O–H groups in total. The number of rotatable bonds is 6. The lowest BCUT2D eigenvalue weighted by Gasteiger charge is -2.17. The van der Waals surface area contributed by atoms with Crippen LogP contribution in [-0.2, 0) is 11.2 Å². The first-order valence-electron chi connectivity index (χ1n) is 8.30. The Hall–Kier alpha value is -2.56. The number of furan rings is 1. The molecule has 1 fully saturated rings. The number of benzene rings is 1. The van der Waals surface area contributed by atoms with Crippen LogP contribution in [0.3, 0.4) is 0 Å². The summed E-state index contributed by atoms with van der Waals surface area (Å²) in [6.45, 7) is 3.06. The summed E-state index contributed by atoms with van der Waals surface area (Å²) in [4.78, 5) is 26.2. The Labute approximate surface area is 141 Å². The smallest absolute Gasteiger partial charge is 0.255 e. The Morgan fingerprint density at radius 2 is 2.08 bits per heavy atom. The largest absolute Gasteiger partial charge is 0.469 e. The van der Waals surface area contributed by atoms with Crippen LogP contribution in [-0.4, -0.2) is 35.8 Å². The minimum absolute atomic E-state index is 0.109. The molecule has 1 aromatic carbocycles. The van der Waals surface area contributed by atoms with Gasteiger partial charge in [-0.1, -0.05) is 30.3 Å². The lowest BCUT2D eigenvalue weighted by Crippen LogP contribution is -2.37. The van der Waals surface area contributed by atoms with Gasteiger partial charge in [0.2, 0.25) is 5.91 Å². The summed E-state index contributed by atoms with van der Waals surface area (Å²) >= 11 is 0. The first-order valence-corrected chi connectivity index (χ1v) is 8.30. The van der Waals surface area contributed by atoms with Crippen LogP contribution in [0.15, 0.2) is 47.1 Å². The molecular formula is C19H22N2O3.